The number of amides is 1. The largest absolute Gasteiger partial charge is 0.485 e. The number of benzene rings is 1. The molecule has 0 bridgehead atoms. The highest BCUT2D eigenvalue weighted by molar-refractivity contribution is 5.82. The number of fused-ring (bicyclic) bond motifs is 1. The number of hydrogen-bond donors (Lipinski definition) is 1. The Morgan fingerprint density at radius 3 is 2.76 bits per heavy atom. The SMILES string of the molecule is C[C@H]1[C@H](C)CCC[C@@H]1NC(=O)[C@H]1COc2ccccc2O1. The van der Waals surface area contributed by atoms with E-state index in [0.717, 1.165) is 6.42 Å². The Morgan fingerprint density at radius 2 is 1.95 bits per heavy atom. The van der Waals surface area contributed by atoms with Crippen molar-refractivity contribution in [2.24, 2.45) is 11.8 Å². The van der Waals surface area contributed by atoms with E-state index in [4.69, 9.17) is 9.47 Å². The molecule has 0 aromatic heterocycles. The van der Waals surface area contributed by atoms with Crippen molar-refractivity contribution in [3.8, 4) is 11.5 Å². The molecule has 4 atom stereocenters. The molecule has 1 heterocycles. The van der Waals surface area contributed by atoms with Crippen molar-refractivity contribution in [1.82, 2.24) is 5.32 Å². The molecule has 0 unspecified atom stereocenters. The van der Waals surface area contributed by atoms with Gasteiger partial charge in [-0.2, -0.15) is 0 Å². The molecule has 1 aliphatic heterocycles. The van der Waals surface area contributed by atoms with Crippen LogP contribution < -0.4 is 14.8 Å². The van der Waals surface area contributed by atoms with Gasteiger partial charge in [-0.15, -0.1) is 0 Å². The number of carbonyl (C=O) groups is 1. The number of carbonyl (C=O) groups excluding carboxylic acids is 1. The number of hydrogen-bond acceptors (Lipinski definition) is 3. The van der Waals surface area contributed by atoms with E-state index in [1.165, 1.54) is 12.8 Å². The maximum atomic E-state index is 12.4. The summed E-state index contributed by atoms with van der Waals surface area (Å²) in [4.78, 5) is 12.4. The van der Waals surface area contributed by atoms with E-state index in [0.29, 0.717) is 23.3 Å². The van der Waals surface area contributed by atoms with Crippen LogP contribution in [0.25, 0.3) is 0 Å². The van der Waals surface area contributed by atoms with Crippen molar-refractivity contribution in [2.45, 2.75) is 45.3 Å². The Labute approximate surface area is 125 Å². The fourth-order valence-corrected chi connectivity index (χ4v) is 3.21. The fourth-order valence-electron chi connectivity index (χ4n) is 3.21. The van der Waals surface area contributed by atoms with E-state index in [-0.39, 0.29) is 18.6 Å². The van der Waals surface area contributed by atoms with Gasteiger partial charge in [-0.3, -0.25) is 4.79 Å². The quantitative estimate of drug-likeness (QED) is 0.910. The Morgan fingerprint density at radius 1 is 1.19 bits per heavy atom. The number of para-hydroxylation sites is 2. The second-order valence-corrected chi connectivity index (χ2v) is 6.25. The first kappa shape index (κ1) is 14.2. The minimum atomic E-state index is -0.552. The van der Waals surface area contributed by atoms with Gasteiger partial charge in [0.1, 0.15) is 6.61 Å². The van der Waals surface area contributed by atoms with E-state index in [2.05, 4.69) is 19.2 Å². The van der Waals surface area contributed by atoms with Crippen LogP contribution in [0.5, 0.6) is 11.5 Å². The smallest absolute Gasteiger partial charge is 0.264 e. The third-order valence-corrected chi connectivity index (χ3v) is 4.84. The summed E-state index contributed by atoms with van der Waals surface area (Å²) in [6.07, 6.45) is 2.94. The lowest BCUT2D eigenvalue weighted by Gasteiger charge is -2.35. The molecule has 0 spiro atoms. The molecule has 3 rings (SSSR count). The summed E-state index contributed by atoms with van der Waals surface area (Å²) in [7, 11) is 0. The van der Waals surface area contributed by atoms with Crippen molar-refractivity contribution in [3.05, 3.63) is 24.3 Å². The van der Waals surface area contributed by atoms with Crippen LogP contribution in [0, 0.1) is 11.8 Å². The van der Waals surface area contributed by atoms with Gasteiger partial charge in [0.2, 0.25) is 6.10 Å². The molecule has 2 aliphatic rings. The molecule has 1 amide bonds. The number of nitrogens with one attached hydrogen (secondary N) is 1. The van der Waals surface area contributed by atoms with Crippen LogP contribution in [0.1, 0.15) is 33.1 Å². The second kappa shape index (κ2) is 5.96. The van der Waals surface area contributed by atoms with Crippen molar-refractivity contribution < 1.29 is 14.3 Å². The number of rotatable bonds is 2. The van der Waals surface area contributed by atoms with Crippen molar-refractivity contribution in [1.29, 1.82) is 0 Å². The molecule has 1 N–H and O–H groups in total. The minimum absolute atomic E-state index is 0.0598. The van der Waals surface area contributed by atoms with Gasteiger partial charge in [0.25, 0.3) is 5.91 Å². The van der Waals surface area contributed by atoms with Crippen LogP contribution >= 0.6 is 0 Å². The first-order chi connectivity index (χ1) is 10.1. The molecule has 1 aliphatic carbocycles. The summed E-state index contributed by atoms with van der Waals surface area (Å²) in [5, 5.41) is 3.16. The maximum absolute atomic E-state index is 12.4. The predicted octanol–water partition coefficient (Wildman–Crippen LogP) is 2.77. The molecule has 1 aromatic rings. The molecule has 21 heavy (non-hydrogen) atoms. The van der Waals surface area contributed by atoms with Gasteiger partial charge in [0, 0.05) is 6.04 Å². The van der Waals surface area contributed by atoms with E-state index in [1.807, 2.05) is 24.3 Å². The van der Waals surface area contributed by atoms with Crippen LogP contribution in [0.2, 0.25) is 0 Å². The van der Waals surface area contributed by atoms with E-state index >= 15 is 0 Å². The Kier molecular flexibility index (Phi) is 4.04. The number of ether oxygens (including phenoxy) is 2. The lowest BCUT2D eigenvalue weighted by atomic mass is 9.78. The van der Waals surface area contributed by atoms with Crippen LogP contribution in [-0.2, 0) is 4.79 Å². The first-order valence-corrected chi connectivity index (χ1v) is 7.84. The monoisotopic (exact) mass is 289 g/mol. The fraction of sp³-hybridized carbons (Fsp3) is 0.588. The van der Waals surface area contributed by atoms with Gasteiger partial charge in [0.05, 0.1) is 0 Å². The van der Waals surface area contributed by atoms with Crippen molar-refractivity contribution in [3.63, 3.8) is 0 Å². The molecule has 1 saturated carbocycles. The Bertz CT molecular complexity index is 517. The summed E-state index contributed by atoms with van der Waals surface area (Å²) < 4.78 is 11.4. The van der Waals surface area contributed by atoms with Gasteiger partial charge < -0.3 is 14.8 Å². The first-order valence-electron chi connectivity index (χ1n) is 7.84. The zero-order valence-electron chi connectivity index (χ0n) is 12.7. The average molecular weight is 289 g/mol. The van der Waals surface area contributed by atoms with E-state index in [1.54, 1.807) is 0 Å². The molecule has 4 nitrogen and oxygen atoms in total. The summed E-state index contributed by atoms with van der Waals surface area (Å²) in [6, 6.07) is 7.72. The molecule has 0 saturated heterocycles. The van der Waals surface area contributed by atoms with Crippen LogP contribution in [0.3, 0.4) is 0 Å². The van der Waals surface area contributed by atoms with E-state index in [9.17, 15) is 4.79 Å². The third-order valence-electron chi connectivity index (χ3n) is 4.84. The molecular formula is C17H23NO3. The summed E-state index contributed by atoms with van der Waals surface area (Å²) in [5.74, 6) is 2.47. The highest BCUT2D eigenvalue weighted by Crippen LogP contribution is 2.32. The van der Waals surface area contributed by atoms with Crippen molar-refractivity contribution >= 4 is 5.91 Å². The Hall–Kier alpha value is -1.71. The summed E-state index contributed by atoms with van der Waals surface area (Å²) >= 11 is 0. The minimum Gasteiger partial charge on any atom is -0.485 e. The molecule has 0 radical (unpaired) electrons. The molecule has 1 fully saturated rings. The van der Waals surface area contributed by atoms with Gasteiger partial charge in [-0.1, -0.05) is 38.8 Å². The van der Waals surface area contributed by atoms with Gasteiger partial charge in [-0.25, -0.2) is 0 Å². The molecule has 1 aromatic carbocycles. The maximum Gasteiger partial charge on any atom is 0.264 e. The zero-order valence-corrected chi connectivity index (χ0v) is 12.7. The van der Waals surface area contributed by atoms with E-state index < -0.39 is 6.10 Å². The summed E-state index contributed by atoms with van der Waals surface area (Å²) in [6.45, 7) is 4.77. The average Bonchev–Trinajstić information content (AvgIpc) is 2.51. The summed E-state index contributed by atoms with van der Waals surface area (Å²) in [5.41, 5.74) is 0. The Balaban J connectivity index is 1.62. The van der Waals surface area contributed by atoms with Gasteiger partial charge in [-0.05, 0) is 30.4 Å². The lowest BCUT2D eigenvalue weighted by Crippen LogP contribution is -2.51. The van der Waals surface area contributed by atoms with Crippen LogP contribution in [0.4, 0.5) is 0 Å². The zero-order chi connectivity index (χ0) is 14.8. The van der Waals surface area contributed by atoms with Crippen LogP contribution in [0.15, 0.2) is 24.3 Å². The highest BCUT2D eigenvalue weighted by atomic mass is 16.6. The van der Waals surface area contributed by atoms with Gasteiger partial charge in [0.15, 0.2) is 11.5 Å². The van der Waals surface area contributed by atoms with Crippen molar-refractivity contribution in [2.75, 3.05) is 6.61 Å². The molecule has 4 heteroatoms. The highest BCUT2D eigenvalue weighted by Gasteiger charge is 2.32. The molecular weight excluding hydrogens is 266 g/mol. The topological polar surface area (TPSA) is 47.6 Å². The lowest BCUT2D eigenvalue weighted by molar-refractivity contribution is -0.131. The standard InChI is InChI=1S/C17H23NO3/c1-11-6-5-7-13(12(11)2)18-17(19)16-10-20-14-8-3-4-9-15(14)21-16/h3-4,8-9,11-13,16H,5-7,10H2,1-2H3,(H,18,19)/t11-,12+,13+,16-/m1/s1. The third kappa shape index (κ3) is 2.99. The van der Waals surface area contributed by atoms with Gasteiger partial charge >= 0.3 is 0 Å². The second-order valence-electron chi connectivity index (χ2n) is 6.25. The van der Waals surface area contributed by atoms with Crippen LogP contribution in [-0.4, -0.2) is 24.7 Å². The molecule has 114 valence electrons. The normalized spacial score (nSPS) is 31.5. The predicted molar refractivity (Wildman–Crippen MR) is 80.5 cm³/mol.